The zero-order valence-corrected chi connectivity index (χ0v) is 7.84. The van der Waals surface area contributed by atoms with Crippen LogP contribution in [0.3, 0.4) is 0 Å². The first-order valence-electron chi connectivity index (χ1n) is 4.37. The topological polar surface area (TPSA) is 34.9 Å². The lowest BCUT2D eigenvalue weighted by Crippen LogP contribution is -2.00. The Labute approximate surface area is 82.0 Å². The number of carbonyl (C=O) groups is 1. The van der Waals surface area contributed by atoms with Gasteiger partial charge in [0, 0.05) is 11.9 Å². The Bertz CT molecular complexity index is 446. The summed E-state index contributed by atoms with van der Waals surface area (Å²) in [5.41, 5.74) is 2.59. The molecule has 0 aliphatic carbocycles. The van der Waals surface area contributed by atoms with Gasteiger partial charge in [-0.1, -0.05) is 0 Å². The summed E-state index contributed by atoms with van der Waals surface area (Å²) < 4.78 is 1.88. The fraction of sp³-hybridized carbons (Fsp3) is 0.0909. The van der Waals surface area contributed by atoms with Crippen LogP contribution in [0.5, 0.6) is 0 Å². The lowest BCUT2D eigenvalue weighted by molar-refractivity contribution is 0.111. The fourth-order valence-corrected chi connectivity index (χ4v) is 1.49. The first-order valence-corrected chi connectivity index (χ1v) is 4.37. The van der Waals surface area contributed by atoms with Crippen molar-refractivity contribution in [1.82, 2.24) is 9.55 Å². The van der Waals surface area contributed by atoms with Crippen LogP contribution in [0, 0.1) is 6.92 Å². The van der Waals surface area contributed by atoms with Crippen molar-refractivity contribution in [2.75, 3.05) is 0 Å². The van der Waals surface area contributed by atoms with Crippen molar-refractivity contribution in [1.29, 1.82) is 0 Å². The number of aldehydes is 1. The first-order chi connectivity index (χ1) is 6.83. The van der Waals surface area contributed by atoms with Crippen LogP contribution >= 0.6 is 0 Å². The molecule has 0 aliphatic rings. The SMILES string of the molecule is Cc1ccc(C=O)n1-c1cccnc1. The molecule has 3 nitrogen and oxygen atoms in total. The van der Waals surface area contributed by atoms with E-state index >= 15 is 0 Å². The van der Waals surface area contributed by atoms with Crippen molar-refractivity contribution in [3.8, 4) is 5.69 Å². The average Bonchev–Trinajstić information content (AvgIpc) is 2.61. The summed E-state index contributed by atoms with van der Waals surface area (Å²) in [6.45, 7) is 1.96. The van der Waals surface area contributed by atoms with Gasteiger partial charge in [-0.2, -0.15) is 0 Å². The Morgan fingerprint density at radius 3 is 2.86 bits per heavy atom. The smallest absolute Gasteiger partial charge is 0.166 e. The van der Waals surface area contributed by atoms with E-state index in [1.165, 1.54) is 0 Å². The molecule has 70 valence electrons. The molecule has 2 rings (SSSR count). The van der Waals surface area contributed by atoms with Crippen LogP contribution in [0.2, 0.25) is 0 Å². The standard InChI is InChI=1S/C11H10N2O/c1-9-4-5-11(8-14)13(9)10-3-2-6-12-7-10/h2-8H,1H3. The highest BCUT2D eigenvalue weighted by molar-refractivity contribution is 5.74. The van der Waals surface area contributed by atoms with E-state index in [1.807, 2.05) is 29.7 Å². The normalized spacial score (nSPS) is 10.1. The summed E-state index contributed by atoms with van der Waals surface area (Å²) in [5.74, 6) is 0. The van der Waals surface area contributed by atoms with E-state index < -0.39 is 0 Å². The van der Waals surface area contributed by atoms with Gasteiger partial charge in [-0.3, -0.25) is 9.78 Å². The van der Waals surface area contributed by atoms with Gasteiger partial charge in [0.05, 0.1) is 17.6 Å². The van der Waals surface area contributed by atoms with Crippen LogP contribution in [-0.2, 0) is 0 Å². The molecule has 0 saturated carbocycles. The van der Waals surface area contributed by atoms with Crippen LogP contribution in [0.25, 0.3) is 5.69 Å². The van der Waals surface area contributed by atoms with Gasteiger partial charge in [-0.15, -0.1) is 0 Å². The predicted octanol–water partition coefficient (Wildman–Crippen LogP) is 1.99. The highest BCUT2D eigenvalue weighted by atomic mass is 16.1. The van der Waals surface area contributed by atoms with Gasteiger partial charge in [-0.05, 0) is 31.2 Å². The molecular weight excluding hydrogens is 176 g/mol. The first kappa shape index (κ1) is 8.69. The maximum atomic E-state index is 10.8. The molecule has 0 atom stereocenters. The molecule has 0 aliphatic heterocycles. The van der Waals surface area contributed by atoms with Crippen molar-refractivity contribution < 1.29 is 4.79 Å². The highest BCUT2D eigenvalue weighted by Gasteiger charge is 2.05. The Morgan fingerprint density at radius 2 is 2.21 bits per heavy atom. The Morgan fingerprint density at radius 1 is 1.36 bits per heavy atom. The largest absolute Gasteiger partial charge is 0.310 e. The third-order valence-corrected chi connectivity index (χ3v) is 2.13. The summed E-state index contributed by atoms with van der Waals surface area (Å²) in [5, 5.41) is 0. The minimum atomic E-state index is 0.649. The fourth-order valence-electron chi connectivity index (χ4n) is 1.49. The van der Waals surface area contributed by atoms with Gasteiger partial charge in [0.15, 0.2) is 6.29 Å². The van der Waals surface area contributed by atoms with E-state index in [2.05, 4.69) is 4.98 Å². The number of aryl methyl sites for hydroxylation is 1. The quantitative estimate of drug-likeness (QED) is 0.672. The van der Waals surface area contributed by atoms with Crippen LogP contribution < -0.4 is 0 Å². The summed E-state index contributed by atoms with van der Waals surface area (Å²) in [6, 6.07) is 7.49. The third-order valence-electron chi connectivity index (χ3n) is 2.13. The summed E-state index contributed by atoms with van der Waals surface area (Å²) >= 11 is 0. The van der Waals surface area contributed by atoms with Gasteiger partial charge in [0.2, 0.25) is 0 Å². The maximum absolute atomic E-state index is 10.8. The lowest BCUT2D eigenvalue weighted by Gasteiger charge is -2.06. The summed E-state index contributed by atoms with van der Waals surface area (Å²) in [6.07, 6.45) is 4.29. The number of aromatic nitrogens is 2. The monoisotopic (exact) mass is 186 g/mol. The number of pyridine rings is 1. The number of hydrogen-bond donors (Lipinski definition) is 0. The minimum Gasteiger partial charge on any atom is -0.310 e. The van der Waals surface area contributed by atoms with Crippen LogP contribution in [0.4, 0.5) is 0 Å². The van der Waals surface area contributed by atoms with Crippen molar-refractivity contribution in [3.05, 3.63) is 48.0 Å². The zero-order chi connectivity index (χ0) is 9.97. The highest BCUT2D eigenvalue weighted by Crippen LogP contribution is 2.13. The molecular formula is C11H10N2O. The number of carbonyl (C=O) groups excluding carboxylic acids is 1. The molecule has 0 saturated heterocycles. The van der Waals surface area contributed by atoms with Crippen molar-refractivity contribution in [3.63, 3.8) is 0 Å². The molecule has 3 heteroatoms. The van der Waals surface area contributed by atoms with E-state index in [0.717, 1.165) is 17.7 Å². The minimum absolute atomic E-state index is 0.649. The average molecular weight is 186 g/mol. The molecule has 0 spiro atoms. The zero-order valence-electron chi connectivity index (χ0n) is 7.84. The second-order valence-corrected chi connectivity index (χ2v) is 3.06. The van der Waals surface area contributed by atoms with Gasteiger partial charge < -0.3 is 4.57 Å². The molecule has 14 heavy (non-hydrogen) atoms. The van der Waals surface area contributed by atoms with E-state index in [4.69, 9.17) is 0 Å². The Balaban J connectivity index is 2.61. The summed E-state index contributed by atoms with van der Waals surface area (Å²) in [4.78, 5) is 14.8. The maximum Gasteiger partial charge on any atom is 0.166 e. The molecule has 2 aromatic heterocycles. The predicted molar refractivity (Wildman–Crippen MR) is 53.7 cm³/mol. The molecule has 0 radical (unpaired) electrons. The summed E-state index contributed by atoms with van der Waals surface area (Å²) in [7, 11) is 0. The van der Waals surface area contributed by atoms with Crippen LogP contribution in [-0.4, -0.2) is 15.8 Å². The van der Waals surface area contributed by atoms with E-state index in [-0.39, 0.29) is 0 Å². The van der Waals surface area contributed by atoms with Crippen LogP contribution in [0.1, 0.15) is 16.2 Å². The van der Waals surface area contributed by atoms with Crippen molar-refractivity contribution in [2.45, 2.75) is 6.92 Å². The van der Waals surface area contributed by atoms with Gasteiger partial charge in [0.25, 0.3) is 0 Å². The molecule has 0 bridgehead atoms. The number of nitrogens with zero attached hydrogens (tertiary/aromatic N) is 2. The Hall–Kier alpha value is -1.90. The van der Waals surface area contributed by atoms with Crippen molar-refractivity contribution >= 4 is 6.29 Å². The molecule has 2 heterocycles. The van der Waals surface area contributed by atoms with Gasteiger partial charge in [-0.25, -0.2) is 0 Å². The molecule has 0 fully saturated rings. The molecule has 0 aromatic carbocycles. The van der Waals surface area contributed by atoms with Crippen molar-refractivity contribution in [2.24, 2.45) is 0 Å². The molecule has 0 amide bonds. The number of hydrogen-bond acceptors (Lipinski definition) is 2. The third kappa shape index (κ3) is 1.33. The number of rotatable bonds is 2. The Kier molecular flexibility index (Phi) is 2.14. The van der Waals surface area contributed by atoms with Gasteiger partial charge in [0.1, 0.15) is 0 Å². The lowest BCUT2D eigenvalue weighted by atomic mass is 10.4. The molecule has 0 N–H and O–H groups in total. The van der Waals surface area contributed by atoms with E-state index in [9.17, 15) is 4.79 Å². The van der Waals surface area contributed by atoms with E-state index in [0.29, 0.717) is 5.69 Å². The van der Waals surface area contributed by atoms with E-state index in [1.54, 1.807) is 18.5 Å². The van der Waals surface area contributed by atoms with Gasteiger partial charge >= 0.3 is 0 Å². The second kappa shape index (κ2) is 3.46. The molecule has 2 aromatic rings. The molecule has 0 unspecified atom stereocenters. The second-order valence-electron chi connectivity index (χ2n) is 3.06. The van der Waals surface area contributed by atoms with Crippen LogP contribution in [0.15, 0.2) is 36.7 Å².